The molecule has 0 aromatic rings. The second-order valence-electron chi connectivity index (χ2n) is 5.04. The molecule has 0 amide bonds. The maximum atomic E-state index is 11.2. The van der Waals surface area contributed by atoms with Crippen LogP contribution >= 0.6 is 0 Å². The Balaban J connectivity index is 3.01. The zero-order valence-electron chi connectivity index (χ0n) is 13.8. The summed E-state index contributed by atoms with van der Waals surface area (Å²) in [5, 5.41) is 3.04. The number of likely N-dealkylation sites (N-methyl/N-ethyl adjacent to an activating group) is 1. The normalized spacial score (nSPS) is 11.0. The topological polar surface area (TPSA) is 56.8 Å². The van der Waals surface area contributed by atoms with Crippen molar-refractivity contribution in [3.05, 3.63) is 0 Å². The fourth-order valence-electron chi connectivity index (χ4n) is 1.77. The minimum atomic E-state index is 0.287. The Morgan fingerprint density at radius 3 is 2.05 bits per heavy atom. The third-order valence-electron chi connectivity index (χ3n) is 3.00. The minimum Gasteiger partial charge on any atom is -0.380 e. The fourth-order valence-corrected chi connectivity index (χ4v) is 1.77. The van der Waals surface area contributed by atoms with Gasteiger partial charge in [0, 0.05) is 32.6 Å². The molecule has 0 heterocycles. The van der Waals surface area contributed by atoms with Gasteiger partial charge in [0.2, 0.25) is 0 Å². The number of unbranched alkanes of at least 4 members (excludes halogenated alkanes) is 2. The van der Waals surface area contributed by atoms with E-state index in [0.717, 1.165) is 52.0 Å². The Hall–Kier alpha value is -0.490. The molecule has 0 fully saturated rings. The van der Waals surface area contributed by atoms with Crippen molar-refractivity contribution in [2.45, 2.75) is 45.4 Å². The number of ether oxygens (including phenoxy) is 3. The fraction of sp³-hybridized carbons (Fsp3) is 0.938. The lowest BCUT2D eigenvalue weighted by molar-refractivity contribution is -0.120. The molecule has 0 aliphatic heterocycles. The molecule has 0 aliphatic carbocycles. The zero-order valence-corrected chi connectivity index (χ0v) is 13.8. The van der Waals surface area contributed by atoms with E-state index in [0.29, 0.717) is 32.7 Å². The highest BCUT2D eigenvalue weighted by molar-refractivity contribution is 5.78. The van der Waals surface area contributed by atoms with Crippen LogP contribution in [0.4, 0.5) is 0 Å². The van der Waals surface area contributed by atoms with Gasteiger partial charge in [-0.3, -0.25) is 4.79 Å². The Bertz CT molecular complexity index is 224. The van der Waals surface area contributed by atoms with Crippen LogP contribution in [0.3, 0.4) is 0 Å². The highest BCUT2D eigenvalue weighted by atomic mass is 16.5. The molecule has 0 bridgehead atoms. The van der Waals surface area contributed by atoms with E-state index >= 15 is 0 Å². The lowest BCUT2D eigenvalue weighted by Gasteiger charge is -2.06. The Kier molecular flexibility index (Phi) is 17.2. The van der Waals surface area contributed by atoms with E-state index in [9.17, 15) is 4.79 Å². The molecule has 21 heavy (non-hydrogen) atoms. The summed E-state index contributed by atoms with van der Waals surface area (Å²) in [5.41, 5.74) is 0. The molecule has 5 heteroatoms. The number of rotatable bonds is 17. The maximum Gasteiger partial charge on any atom is 0.135 e. The predicted octanol–water partition coefficient (Wildman–Crippen LogP) is 2.19. The SMILES string of the molecule is CCCC(=O)CCOCCOCCCCCOCCNC. The number of ketones is 1. The molecule has 0 radical (unpaired) electrons. The van der Waals surface area contributed by atoms with E-state index in [4.69, 9.17) is 14.2 Å². The maximum absolute atomic E-state index is 11.2. The first-order chi connectivity index (χ1) is 10.3. The smallest absolute Gasteiger partial charge is 0.135 e. The van der Waals surface area contributed by atoms with Crippen LogP contribution in [-0.2, 0) is 19.0 Å². The molecule has 0 aromatic carbocycles. The molecule has 0 atom stereocenters. The molecule has 0 unspecified atom stereocenters. The summed E-state index contributed by atoms with van der Waals surface area (Å²) in [6.45, 7) is 7.02. The number of hydrogen-bond acceptors (Lipinski definition) is 5. The Morgan fingerprint density at radius 2 is 1.43 bits per heavy atom. The van der Waals surface area contributed by atoms with Crippen LogP contribution in [0.15, 0.2) is 0 Å². The molecular weight excluding hydrogens is 270 g/mol. The van der Waals surface area contributed by atoms with Gasteiger partial charge in [0.05, 0.1) is 26.4 Å². The van der Waals surface area contributed by atoms with Crippen molar-refractivity contribution >= 4 is 5.78 Å². The summed E-state index contributed by atoms with van der Waals surface area (Å²) in [5.74, 6) is 0.287. The van der Waals surface area contributed by atoms with E-state index in [-0.39, 0.29) is 5.78 Å². The second-order valence-corrected chi connectivity index (χ2v) is 5.04. The van der Waals surface area contributed by atoms with Crippen LogP contribution in [-0.4, -0.2) is 59.0 Å². The molecule has 0 aliphatic rings. The number of Topliss-reactive ketones (excluding diaryl/α,β-unsaturated/α-hetero) is 1. The predicted molar refractivity (Wildman–Crippen MR) is 84.8 cm³/mol. The van der Waals surface area contributed by atoms with Crippen molar-refractivity contribution in [1.82, 2.24) is 5.32 Å². The van der Waals surface area contributed by atoms with Crippen molar-refractivity contribution < 1.29 is 19.0 Å². The first-order valence-corrected chi connectivity index (χ1v) is 8.20. The highest BCUT2D eigenvalue weighted by Crippen LogP contribution is 1.97. The lowest BCUT2D eigenvalue weighted by Crippen LogP contribution is -2.14. The van der Waals surface area contributed by atoms with Crippen LogP contribution in [0.5, 0.6) is 0 Å². The van der Waals surface area contributed by atoms with Crippen LogP contribution in [0, 0.1) is 0 Å². The van der Waals surface area contributed by atoms with E-state index in [2.05, 4.69) is 5.32 Å². The van der Waals surface area contributed by atoms with Gasteiger partial charge in [0.1, 0.15) is 5.78 Å². The van der Waals surface area contributed by atoms with E-state index in [1.54, 1.807) is 0 Å². The van der Waals surface area contributed by atoms with E-state index in [1.165, 1.54) is 0 Å². The van der Waals surface area contributed by atoms with Crippen LogP contribution in [0.2, 0.25) is 0 Å². The van der Waals surface area contributed by atoms with Crippen molar-refractivity contribution in [1.29, 1.82) is 0 Å². The minimum absolute atomic E-state index is 0.287. The van der Waals surface area contributed by atoms with Gasteiger partial charge in [0.15, 0.2) is 0 Å². The van der Waals surface area contributed by atoms with Crippen molar-refractivity contribution in [3.8, 4) is 0 Å². The summed E-state index contributed by atoms with van der Waals surface area (Å²) in [4.78, 5) is 11.2. The van der Waals surface area contributed by atoms with Gasteiger partial charge in [-0.05, 0) is 32.7 Å². The standard InChI is InChI=1S/C16H33NO4/c1-3-7-16(18)8-12-21-15-14-20-11-6-4-5-10-19-13-9-17-2/h17H,3-15H2,1-2H3. The molecule has 5 nitrogen and oxygen atoms in total. The van der Waals surface area contributed by atoms with Gasteiger partial charge in [-0.25, -0.2) is 0 Å². The molecule has 126 valence electrons. The summed E-state index contributed by atoms with van der Waals surface area (Å²) >= 11 is 0. The molecule has 0 spiro atoms. The molecule has 0 rings (SSSR count). The molecule has 0 saturated heterocycles. The third-order valence-corrected chi connectivity index (χ3v) is 3.00. The van der Waals surface area contributed by atoms with Crippen molar-refractivity contribution in [3.63, 3.8) is 0 Å². The highest BCUT2D eigenvalue weighted by Gasteiger charge is 1.99. The molecule has 0 saturated carbocycles. The summed E-state index contributed by atoms with van der Waals surface area (Å²) in [6, 6.07) is 0. The number of carbonyl (C=O) groups excluding carboxylic acids is 1. The summed E-state index contributed by atoms with van der Waals surface area (Å²) < 4.78 is 16.3. The monoisotopic (exact) mass is 303 g/mol. The average Bonchev–Trinajstić information content (AvgIpc) is 2.48. The largest absolute Gasteiger partial charge is 0.380 e. The molecular formula is C16H33NO4. The quantitative estimate of drug-likeness (QED) is 0.417. The van der Waals surface area contributed by atoms with Gasteiger partial charge >= 0.3 is 0 Å². The first-order valence-electron chi connectivity index (χ1n) is 8.20. The molecule has 1 N–H and O–H groups in total. The Morgan fingerprint density at radius 1 is 0.810 bits per heavy atom. The van der Waals surface area contributed by atoms with Gasteiger partial charge in [-0.1, -0.05) is 6.92 Å². The first kappa shape index (κ1) is 20.5. The number of carbonyl (C=O) groups is 1. The van der Waals surface area contributed by atoms with Gasteiger partial charge in [-0.15, -0.1) is 0 Å². The van der Waals surface area contributed by atoms with Crippen LogP contribution in [0.25, 0.3) is 0 Å². The third kappa shape index (κ3) is 17.5. The van der Waals surface area contributed by atoms with E-state index < -0.39 is 0 Å². The molecule has 0 aromatic heterocycles. The van der Waals surface area contributed by atoms with Crippen LogP contribution < -0.4 is 5.32 Å². The number of nitrogens with one attached hydrogen (secondary N) is 1. The van der Waals surface area contributed by atoms with Crippen molar-refractivity contribution in [2.75, 3.05) is 53.2 Å². The van der Waals surface area contributed by atoms with Crippen molar-refractivity contribution in [2.24, 2.45) is 0 Å². The average molecular weight is 303 g/mol. The Labute approximate surface area is 129 Å². The lowest BCUT2D eigenvalue weighted by atomic mass is 10.2. The van der Waals surface area contributed by atoms with E-state index in [1.807, 2.05) is 14.0 Å². The number of hydrogen-bond donors (Lipinski definition) is 1. The summed E-state index contributed by atoms with van der Waals surface area (Å²) in [7, 11) is 1.92. The van der Waals surface area contributed by atoms with Gasteiger partial charge < -0.3 is 19.5 Å². The van der Waals surface area contributed by atoms with Crippen LogP contribution in [0.1, 0.15) is 45.4 Å². The van der Waals surface area contributed by atoms with Gasteiger partial charge in [-0.2, -0.15) is 0 Å². The summed E-state index contributed by atoms with van der Waals surface area (Å²) in [6.07, 6.45) is 5.39. The van der Waals surface area contributed by atoms with Gasteiger partial charge in [0.25, 0.3) is 0 Å². The second kappa shape index (κ2) is 17.6. The zero-order chi connectivity index (χ0) is 15.6.